The van der Waals surface area contributed by atoms with E-state index in [1.54, 1.807) is 7.11 Å². The largest absolute Gasteiger partial charge is 0.497 e. The molecular weight excluding hydrogens is 374 g/mol. The van der Waals surface area contributed by atoms with Gasteiger partial charge in [0.25, 0.3) is 0 Å². The summed E-state index contributed by atoms with van der Waals surface area (Å²) in [6, 6.07) is 18.7. The molecule has 0 fully saturated rings. The second kappa shape index (κ2) is 9.06. The van der Waals surface area contributed by atoms with Crippen molar-refractivity contribution in [2.45, 2.75) is 5.16 Å². The molecule has 1 aromatic heterocycles. The predicted molar refractivity (Wildman–Crippen MR) is 108 cm³/mol. The smallest absolute Gasteiger partial charge is 0.238 e. The van der Waals surface area contributed by atoms with E-state index in [0.29, 0.717) is 16.7 Å². The van der Waals surface area contributed by atoms with Crippen molar-refractivity contribution in [3.63, 3.8) is 0 Å². The van der Waals surface area contributed by atoms with Gasteiger partial charge >= 0.3 is 0 Å². The van der Waals surface area contributed by atoms with Crippen LogP contribution in [0.25, 0.3) is 11.4 Å². The lowest BCUT2D eigenvalue weighted by molar-refractivity contribution is -0.116. The van der Waals surface area contributed by atoms with Crippen molar-refractivity contribution in [3.05, 3.63) is 54.6 Å². The Hall–Kier alpha value is -3.31. The summed E-state index contributed by atoms with van der Waals surface area (Å²) in [5.74, 6) is 1.47. The van der Waals surface area contributed by atoms with E-state index in [4.69, 9.17) is 10.00 Å². The highest BCUT2D eigenvalue weighted by atomic mass is 32.2. The van der Waals surface area contributed by atoms with E-state index < -0.39 is 0 Å². The number of hydrogen-bond donors (Lipinski definition) is 0. The summed E-state index contributed by atoms with van der Waals surface area (Å²) in [6.07, 6.45) is 0. The summed E-state index contributed by atoms with van der Waals surface area (Å²) in [5, 5.41) is 18.1. The number of carbonyl (C=O) groups is 1. The lowest BCUT2D eigenvalue weighted by atomic mass is 10.2. The number of methoxy groups -OCH3 is 1. The predicted octanol–water partition coefficient (Wildman–Crippen LogP) is 3.14. The summed E-state index contributed by atoms with van der Waals surface area (Å²) >= 11 is 1.29. The Morgan fingerprint density at radius 3 is 2.54 bits per heavy atom. The van der Waals surface area contributed by atoms with Crippen molar-refractivity contribution >= 4 is 23.4 Å². The summed E-state index contributed by atoms with van der Waals surface area (Å²) in [7, 11) is 3.48. The molecule has 1 heterocycles. The van der Waals surface area contributed by atoms with Gasteiger partial charge in [-0.2, -0.15) is 5.26 Å². The van der Waals surface area contributed by atoms with Gasteiger partial charge in [-0.15, -0.1) is 10.2 Å². The average Bonchev–Trinajstić information content (AvgIpc) is 3.11. The molecule has 7 nitrogen and oxygen atoms in total. The molecule has 0 aliphatic heterocycles. The average molecular weight is 393 g/mol. The van der Waals surface area contributed by atoms with Gasteiger partial charge in [-0.05, 0) is 36.4 Å². The van der Waals surface area contributed by atoms with Gasteiger partial charge in [0.1, 0.15) is 12.3 Å². The molecule has 0 saturated carbocycles. The fraction of sp³-hybridized carbons (Fsp3) is 0.200. The van der Waals surface area contributed by atoms with Crippen molar-refractivity contribution in [3.8, 4) is 23.2 Å². The number of ether oxygens (including phenoxy) is 1. The lowest BCUT2D eigenvalue weighted by Crippen LogP contribution is -2.32. The second-order valence-corrected chi connectivity index (χ2v) is 6.80. The van der Waals surface area contributed by atoms with Gasteiger partial charge in [-0.1, -0.05) is 30.0 Å². The minimum atomic E-state index is -0.160. The van der Waals surface area contributed by atoms with Gasteiger partial charge in [-0.3, -0.25) is 9.69 Å². The van der Waals surface area contributed by atoms with E-state index >= 15 is 0 Å². The highest BCUT2D eigenvalue weighted by molar-refractivity contribution is 7.99. The molecule has 0 saturated heterocycles. The zero-order chi connectivity index (χ0) is 19.9. The molecule has 0 spiro atoms. The molecule has 3 rings (SSSR count). The Kier molecular flexibility index (Phi) is 6.29. The van der Waals surface area contributed by atoms with Gasteiger partial charge in [0.15, 0.2) is 11.0 Å². The van der Waals surface area contributed by atoms with Crippen molar-refractivity contribution in [2.75, 3.05) is 24.3 Å². The highest BCUT2D eigenvalue weighted by Gasteiger charge is 2.18. The van der Waals surface area contributed by atoms with Crippen LogP contribution < -0.4 is 9.64 Å². The Morgan fingerprint density at radius 2 is 1.89 bits per heavy atom. The molecule has 1 amide bonds. The number of thioether (sulfide) groups is 1. The molecule has 0 unspecified atom stereocenters. The van der Waals surface area contributed by atoms with Crippen LogP contribution in [-0.4, -0.2) is 40.1 Å². The number of nitrogens with zero attached hydrogens (tertiary/aromatic N) is 5. The zero-order valence-electron chi connectivity index (χ0n) is 15.6. The first-order chi connectivity index (χ1) is 13.6. The number of aromatic nitrogens is 3. The van der Waals surface area contributed by atoms with Crippen LogP contribution in [0.3, 0.4) is 0 Å². The number of carbonyl (C=O) groups excluding carboxylic acids is 1. The van der Waals surface area contributed by atoms with E-state index in [-0.39, 0.29) is 18.2 Å². The number of hydrogen-bond acceptors (Lipinski definition) is 6. The Balaban J connectivity index is 1.71. The molecule has 0 N–H and O–H groups in total. The van der Waals surface area contributed by atoms with Gasteiger partial charge in [0.05, 0.1) is 18.9 Å². The number of nitriles is 1. The first-order valence-corrected chi connectivity index (χ1v) is 9.51. The van der Waals surface area contributed by atoms with E-state index in [1.165, 1.54) is 16.7 Å². The SMILES string of the molecule is COc1ccc(-c2nnc(SCC(=O)N(CC#N)c3ccccc3)n2C)cc1. The number of rotatable bonds is 7. The summed E-state index contributed by atoms with van der Waals surface area (Å²) < 4.78 is 7.02. The Morgan fingerprint density at radius 1 is 1.18 bits per heavy atom. The molecule has 0 radical (unpaired) electrons. The third kappa shape index (κ3) is 4.32. The van der Waals surface area contributed by atoms with E-state index in [1.807, 2.05) is 72.3 Å². The second-order valence-electron chi connectivity index (χ2n) is 5.86. The molecule has 2 aromatic carbocycles. The first kappa shape index (κ1) is 19.5. The van der Waals surface area contributed by atoms with Crippen LogP contribution in [-0.2, 0) is 11.8 Å². The van der Waals surface area contributed by atoms with Crippen LogP contribution >= 0.6 is 11.8 Å². The van der Waals surface area contributed by atoms with E-state index in [9.17, 15) is 4.79 Å². The molecule has 0 atom stereocenters. The van der Waals surface area contributed by atoms with E-state index in [0.717, 1.165) is 11.3 Å². The number of benzene rings is 2. The van der Waals surface area contributed by atoms with Gasteiger partial charge in [0.2, 0.25) is 5.91 Å². The fourth-order valence-corrected chi connectivity index (χ4v) is 3.43. The minimum absolute atomic E-state index is 0.000674. The zero-order valence-corrected chi connectivity index (χ0v) is 16.4. The minimum Gasteiger partial charge on any atom is -0.497 e. The quantitative estimate of drug-likeness (QED) is 0.453. The number of para-hydroxylation sites is 1. The fourth-order valence-electron chi connectivity index (χ4n) is 2.64. The standard InChI is InChI=1S/C20H19N5O2S/c1-24-19(15-8-10-17(27-2)11-9-15)22-23-20(24)28-14-18(26)25(13-12-21)16-6-4-3-5-7-16/h3-11H,13-14H2,1-2H3. The van der Waals surface area contributed by atoms with Gasteiger partial charge in [-0.25, -0.2) is 0 Å². The molecule has 3 aromatic rings. The van der Waals surface area contributed by atoms with Gasteiger partial charge < -0.3 is 9.30 Å². The number of amides is 1. The van der Waals surface area contributed by atoms with Crippen LogP contribution in [0.4, 0.5) is 5.69 Å². The first-order valence-electron chi connectivity index (χ1n) is 8.53. The van der Waals surface area contributed by atoms with Crippen molar-refractivity contribution in [1.82, 2.24) is 14.8 Å². The third-order valence-corrected chi connectivity index (χ3v) is 5.11. The maximum absolute atomic E-state index is 12.6. The third-order valence-electron chi connectivity index (χ3n) is 4.11. The van der Waals surface area contributed by atoms with Crippen LogP contribution in [0.1, 0.15) is 0 Å². The van der Waals surface area contributed by atoms with Crippen LogP contribution in [0, 0.1) is 11.3 Å². The molecular formula is C20H19N5O2S. The molecule has 28 heavy (non-hydrogen) atoms. The van der Waals surface area contributed by atoms with Crippen LogP contribution in [0.15, 0.2) is 59.8 Å². The van der Waals surface area contributed by atoms with Gasteiger partial charge in [0, 0.05) is 18.3 Å². The molecule has 0 aliphatic rings. The van der Waals surface area contributed by atoms with Crippen molar-refractivity contribution < 1.29 is 9.53 Å². The lowest BCUT2D eigenvalue weighted by Gasteiger charge is -2.19. The molecule has 142 valence electrons. The van der Waals surface area contributed by atoms with Crippen molar-refractivity contribution in [2.24, 2.45) is 7.05 Å². The highest BCUT2D eigenvalue weighted by Crippen LogP contribution is 2.25. The normalized spacial score (nSPS) is 10.3. The Bertz CT molecular complexity index is 980. The van der Waals surface area contributed by atoms with E-state index in [2.05, 4.69) is 10.2 Å². The maximum Gasteiger partial charge on any atom is 0.238 e. The molecule has 0 bridgehead atoms. The molecule has 0 aliphatic carbocycles. The van der Waals surface area contributed by atoms with Crippen LogP contribution in [0.2, 0.25) is 0 Å². The van der Waals surface area contributed by atoms with Crippen molar-refractivity contribution in [1.29, 1.82) is 5.26 Å². The summed E-state index contributed by atoms with van der Waals surface area (Å²) in [6.45, 7) is -0.000674. The maximum atomic E-state index is 12.6. The summed E-state index contributed by atoms with van der Waals surface area (Å²) in [5.41, 5.74) is 1.61. The number of anilines is 1. The topological polar surface area (TPSA) is 84.0 Å². The van der Waals surface area contributed by atoms with Crippen LogP contribution in [0.5, 0.6) is 5.75 Å². The molecule has 8 heteroatoms. The summed E-state index contributed by atoms with van der Waals surface area (Å²) in [4.78, 5) is 14.1. The Labute approximate surface area is 167 Å². The monoisotopic (exact) mass is 393 g/mol.